The van der Waals surface area contributed by atoms with E-state index in [1.54, 1.807) is 12.1 Å². The van der Waals surface area contributed by atoms with Gasteiger partial charge in [0.1, 0.15) is 11.6 Å². The Morgan fingerprint density at radius 1 is 1.33 bits per heavy atom. The van der Waals surface area contributed by atoms with Crippen LogP contribution in [0.5, 0.6) is 5.75 Å². The second-order valence-electron chi connectivity index (χ2n) is 5.35. The number of hydrogen-bond acceptors (Lipinski definition) is 4. The molecule has 0 atom stereocenters. The molecule has 1 aromatic carbocycles. The van der Waals surface area contributed by atoms with Gasteiger partial charge in [0.2, 0.25) is 5.91 Å². The van der Waals surface area contributed by atoms with Crippen LogP contribution in [0.4, 0.5) is 5.69 Å². The first-order valence-electron chi connectivity index (χ1n) is 6.94. The third-order valence-corrected chi connectivity index (χ3v) is 3.51. The van der Waals surface area contributed by atoms with Gasteiger partial charge in [0.25, 0.3) is 5.91 Å². The zero-order valence-electron chi connectivity index (χ0n) is 11.5. The molecule has 2 amide bonds. The van der Waals surface area contributed by atoms with Crippen molar-refractivity contribution < 1.29 is 14.3 Å². The maximum Gasteiger partial charge on any atom is 0.255 e. The maximum atomic E-state index is 12.0. The van der Waals surface area contributed by atoms with Gasteiger partial charge in [-0.25, -0.2) is 0 Å². The molecule has 110 valence electrons. The van der Waals surface area contributed by atoms with Gasteiger partial charge in [-0.15, -0.1) is 0 Å². The summed E-state index contributed by atoms with van der Waals surface area (Å²) in [4.78, 5) is 23.2. The molecule has 1 aliphatic carbocycles. The van der Waals surface area contributed by atoms with Gasteiger partial charge in [0.15, 0.2) is 0 Å². The first kappa shape index (κ1) is 13.5. The minimum absolute atomic E-state index is 0.0141. The summed E-state index contributed by atoms with van der Waals surface area (Å²) in [6, 6.07) is 7.16. The van der Waals surface area contributed by atoms with Gasteiger partial charge in [-0.05, 0) is 43.0 Å². The number of rotatable bonds is 5. The Morgan fingerprint density at radius 3 is 2.62 bits per heavy atom. The molecule has 0 unspecified atom stereocenters. The first-order chi connectivity index (χ1) is 10.1. The molecule has 0 radical (unpaired) electrons. The van der Waals surface area contributed by atoms with Crippen LogP contribution in [-0.4, -0.2) is 18.4 Å². The highest BCUT2D eigenvalue weighted by molar-refractivity contribution is 6.09. The van der Waals surface area contributed by atoms with Crippen molar-refractivity contribution in [2.75, 3.05) is 11.9 Å². The minimum Gasteiger partial charge on any atom is -0.493 e. The minimum atomic E-state index is -0.363. The van der Waals surface area contributed by atoms with Crippen LogP contribution in [0.25, 0.3) is 0 Å². The highest BCUT2D eigenvalue weighted by atomic mass is 16.5. The summed E-state index contributed by atoms with van der Waals surface area (Å²) in [7, 11) is 0. The molecule has 1 aromatic rings. The van der Waals surface area contributed by atoms with E-state index in [0.29, 0.717) is 11.6 Å². The normalized spacial score (nSPS) is 17.6. The van der Waals surface area contributed by atoms with Crippen LogP contribution in [0, 0.1) is 5.92 Å². The Morgan fingerprint density at radius 2 is 2.05 bits per heavy atom. The van der Waals surface area contributed by atoms with Crippen LogP contribution in [-0.2, 0) is 9.59 Å². The summed E-state index contributed by atoms with van der Waals surface area (Å²) < 4.78 is 5.62. The van der Waals surface area contributed by atoms with E-state index in [9.17, 15) is 9.59 Å². The molecule has 0 spiro atoms. The fraction of sp³-hybridized carbons (Fsp3) is 0.333. The highest BCUT2D eigenvalue weighted by Crippen LogP contribution is 2.29. The van der Waals surface area contributed by atoms with E-state index in [1.807, 2.05) is 12.1 Å². The number of amides is 2. The molecule has 21 heavy (non-hydrogen) atoms. The van der Waals surface area contributed by atoms with Gasteiger partial charge >= 0.3 is 0 Å². The number of carbonyl (C=O) groups excluding carboxylic acids is 2. The molecule has 1 saturated carbocycles. The summed E-state index contributed by atoms with van der Waals surface area (Å²) in [6.07, 6.45) is 2.51. The Bertz CT molecular complexity index is 603. The predicted molar refractivity (Wildman–Crippen MR) is 77.3 cm³/mol. The topological polar surface area (TPSA) is 93.5 Å². The molecule has 0 bridgehead atoms. The van der Waals surface area contributed by atoms with Gasteiger partial charge in [0.05, 0.1) is 18.6 Å². The second-order valence-corrected chi connectivity index (χ2v) is 5.35. The Balaban J connectivity index is 1.58. The first-order valence-corrected chi connectivity index (χ1v) is 6.94. The van der Waals surface area contributed by atoms with Gasteiger partial charge in [-0.3, -0.25) is 9.59 Å². The fourth-order valence-corrected chi connectivity index (χ4v) is 2.07. The second kappa shape index (κ2) is 5.47. The SMILES string of the molecule is NC1=C(C(=O)Nc2ccc(OCC3CC3)cc2)CC(=O)N1. The van der Waals surface area contributed by atoms with Gasteiger partial charge < -0.3 is 21.1 Å². The Kier molecular flexibility index (Phi) is 3.51. The molecule has 1 fully saturated rings. The molecule has 3 rings (SSSR count). The zero-order valence-corrected chi connectivity index (χ0v) is 11.5. The quantitative estimate of drug-likeness (QED) is 0.756. The number of anilines is 1. The van der Waals surface area contributed by atoms with Crippen molar-refractivity contribution in [2.24, 2.45) is 11.7 Å². The molecular formula is C15H17N3O3. The van der Waals surface area contributed by atoms with Gasteiger partial charge in [0, 0.05) is 5.69 Å². The van der Waals surface area contributed by atoms with Crippen molar-refractivity contribution in [3.63, 3.8) is 0 Å². The lowest BCUT2D eigenvalue weighted by molar-refractivity contribution is -0.120. The van der Waals surface area contributed by atoms with Crippen LogP contribution in [0.3, 0.4) is 0 Å². The lowest BCUT2D eigenvalue weighted by atomic mass is 10.2. The van der Waals surface area contributed by atoms with Crippen LogP contribution in [0.2, 0.25) is 0 Å². The molecule has 2 aliphatic rings. The van der Waals surface area contributed by atoms with E-state index in [2.05, 4.69) is 10.6 Å². The third kappa shape index (κ3) is 3.34. The smallest absolute Gasteiger partial charge is 0.255 e. The van der Waals surface area contributed by atoms with E-state index in [4.69, 9.17) is 10.5 Å². The molecule has 0 aromatic heterocycles. The van der Waals surface area contributed by atoms with Gasteiger partial charge in [-0.1, -0.05) is 0 Å². The number of ether oxygens (including phenoxy) is 1. The monoisotopic (exact) mass is 287 g/mol. The maximum absolute atomic E-state index is 12.0. The summed E-state index contributed by atoms with van der Waals surface area (Å²) in [5.41, 5.74) is 6.50. The summed E-state index contributed by atoms with van der Waals surface area (Å²) in [6.45, 7) is 0.753. The average Bonchev–Trinajstić information content (AvgIpc) is 3.22. The van der Waals surface area contributed by atoms with Crippen molar-refractivity contribution in [1.82, 2.24) is 5.32 Å². The molecule has 6 nitrogen and oxygen atoms in total. The van der Waals surface area contributed by atoms with Crippen molar-refractivity contribution in [3.05, 3.63) is 35.7 Å². The Labute approximate surface area is 122 Å². The van der Waals surface area contributed by atoms with E-state index in [1.165, 1.54) is 12.8 Å². The molecular weight excluding hydrogens is 270 g/mol. The zero-order chi connectivity index (χ0) is 14.8. The summed E-state index contributed by atoms with van der Waals surface area (Å²) >= 11 is 0. The summed E-state index contributed by atoms with van der Waals surface area (Å²) in [5.74, 6) is 0.990. The summed E-state index contributed by atoms with van der Waals surface area (Å²) in [5, 5.41) is 5.13. The van der Waals surface area contributed by atoms with Crippen LogP contribution < -0.4 is 21.1 Å². The van der Waals surface area contributed by atoms with Crippen molar-refractivity contribution in [2.45, 2.75) is 19.3 Å². The largest absolute Gasteiger partial charge is 0.493 e. The van der Waals surface area contributed by atoms with Crippen molar-refractivity contribution >= 4 is 17.5 Å². The van der Waals surface area contributed by atoms with Gasteiger partial charge in [-0.2, -0.15) is 0 Å². The number of nitrogens with one attached hydrogen (secondary N) is 2. The molecule has 0 saturated heterocycles. The average molecular weight is 287 g/mol. The number of hydrogen-bond donors (Lipinski definition) is 3. The number of nitrogens with two attached hydrogens (primary N) is 1. The molecule has 6 heteroatoms. The Hall–Kier alpha value is -2.50. The fourth-order valence-electron chi connectivity index (χ4n) is 2.07. The van der Waals surface area contributed by atoms with Crippen molar-refractivity contribution in [1.29, 1.82) is 0 Å². The van der Waals surface area contributed by atoms with E-state index in [0.717, 1.165) is 12.4 Å². The molecule has 1 aliphatic heterocycles. The number of benzene rings is 1. The van der Waals surface area contributed by atoms with E-state index in [-0.39, 0.29) is 29.6 Å². The standard InChI is InChI=1S/C15H17N3O3/c16-14-12(7-13(19)18-14)15(20)17-10-3-5-11(6-4-10)21-8-9-1-2-9/h3-6,9H,1-2,7-8,16H2,(H,17,20)(H,18,19). The predicted octanol–water partition coefficient (Wildman–Crippen LogP) is 1.10. The third-order valence-electron chi connectivity index (χ3n) is 3.51. The van der Waals surface area contributed by atoms with Crippen molar-refractivity contribution in [3.8, 4) is 5.75 Å². The molecule has 4 N–H and O–H groups in total. The lowest BCUT2D eigenvalue weighted by Gasteiger charge is -2.08. The van der Waals surface area contributed by atoms with E-state index >= 15 is 0 Å². The van der Waals surface area contributed by atoms with Crippen LogP contribution >= 0.6 is 0 Å². The molecule has 1 heterocycles. The van der Waals surface area contributed by atoms with Crippen LogP contribution in [0.1, 0.15) is 19.3 Å². The number of carbonyl (C=O) groups is 2. The highest BCUT2D eigenvalue weighted by Gasteiger charge is 2.25. The van der Waals surface area contributed by atoms with E-state index < -0.39 is 0 Å². The lowest BCUT2D eigenvalue weighted by Crippen LogP contribution is -2.21. The van der Waals surface area contributed by atoms with Crippen LogP contribution in [0.15, 0.2) is 35.7 Å².